The van der Waals surface area contributed by atoms with Gasteiger partial charge in [-0.3, -0.25) is 4.90 Å². The summed E-state index contributed by atoms with van der Waals surface area (Å²) in [5.74, 6) is 1.03. The number of likely N-dealkylation sites (tertiary alicyclic amines) is 1. The van der Waals surface area contributed by atoms with Crippen LogP contribution in [0.1, 0.15) is 26.7 Å². The lowest BCUT2D eigenvalue weighted by atomic mass is 9.96. The molecule has 2 atom stereocenters. The summed E-state index contributed by atoms with van der Waals surface area (Å²) < 4.78 is 39.0. The maximum atomic E-state index is 14.0. The summed E-state index contributed by atoms with van der Waals surface area (Å²) in [4.78, 5) is 10.6. The first kappa shape index (κ1) is 25.3. The lowest BCUT2D eigenvalue weighted by molar-refractivity contribution is -0.00366. The molecule has 0 radical (unpaired) electrons. The number of fused-ring (bicyclic) bond motifs is 1. The molecule has 1 aromatic heterocycles. The Morgan fingerprint density at radius 1 is 1.23 bits per heavy atom. The van der Waals surface area contributed by atoms with E-state index in [4.69, 9.17) is 21.1 Å². The van der Waals surface area contributed by atoms with Crippen molar-refractivity contribution in [2.24, 2.45) is 0 Å². The average Bonchev–Trinajstić information content (AvgIpc) is 3.20. The number of benzene rings is 2. The zero-order valence-electron chi connectivity index (χ0n) is 19.9. The number of halogens is 3. The van der Waals surface area contributed by atoms with Crippen LogP contribution in [0.25, 0.3) is 10.9 Å². The predicted molar refractivity (Wildman–Crippen MR) is 132 cm³/mol. The SMILES string of the molecule is COc1cc2ncnc(Nc3ccc(F)c(Cl)c3)c2cc1OCCCN1C[C@@H](F)C[C@@H]1C(C)(C)O. The number of hydrogen-bond acceptors (Lipinski definition) is 7. The van der Waals surface area contributed by atoms with Crippen molar-refractivity contribution in [3.8, 4) is 11.5 Å². The van der Waals surface area contributed by atoms with E-state index in [1.165, 1.54) is 18.5 Å². The van der Waals surface area contributed by atoms with E-state index in [9.17, 15) is 13.9 Å². The Morgan fingerprint density at radius 3 is 2.74 bits per heavy atom. The number of aliphatic hydroxyl groups is 1. The van der Waals surface area contributed by atoms with Crippen LogP contribution in [0.15, 0.2) is 36.7 Å². The molecule has 2 heterocycles. The van der Waals surface area contributed by atoms with Crippen LogP contribution in [-0.4, -0.2) is 64.6 Å². The summed E-state index contributed by atoms with van der Waals surface area (Å²) in [6.45, 7) is 4.72. The van der Waals surface area contributed by atoms with Gasteiger partial charge in [0.05, 0.1) is 29.9 Å². The van der Waals surface area contributed by atoms with Crippen LogP contribution < -0.4 is 14.8 Å². The van der Waals surface area contributed by atoms with Gasteiger partial charge in [-0.25, -0.2) is 18.7 Å². The van der Waals surface area contributed by atoms with Gasteiger partial charge < -0.3 is 19.9 Å². The summed E-state index contributed by atoms with van der Waals surface area (Å²) in [6, 6.07) is 7.64. The summed E-state index contributed by atoms with van der Waals surface area (Å²) in [5, 5.41) is 14.2. The molecule has 188 valence electrons. The second kappa shape index (κ2) is 10.5. The topological polar surface area (TPSA) is 79.7 Å². The molecular weight excluding hydrogens is 478 g/mol. The van der Waals surface area contributed by atoms with Crippen LogP contribution in [-0.2, 0) is 0 Å². The van der Waals surface area contributed by atoms with Crippen LogP contribution in [0.5, 0.6) is 11.5 Å². The summed E-state index contributed by atoms with van der Waals surface area (Å²) >= 11 is 5.90. The van der Waals surface area contributed by atoms with Gasteiger partial charge in [0.15, 0.2) is 11.5 Å². The third-order valence-corrected chi connectivity index (χ3v) is 6.41. The normalized spacial score (nSPS) is 18.7. The number of nitrogens with one attached hydrogen (secondary N) is 1. The highest BCUT2D eigenvalue weighted by molar-refractivity contribution is 6.31. The van der Waals surface area contributed by atoms with Crippen LogP contribution in [0.4, 0.5) is 20.3 Å². The third kappa shape index (κ3) is 5.91. The highest BCUT2D eigenvalue weighted by Gasteiger charge is 2.40. The highest BCUT2D eigenvalue weighted by atomic mass is 35.5. The standard InChI is InChI=1S/C25H29ClF2N4O3/c1-25(2,33)23-9-15(27)13-32(23)7-4-8-35-22-11-17-20(12-21(22)34-3)29-14-30-24(17)31-16-5-6-19(28)18(26)10-16/h5-6,10-12,14-15,23,33H,4,7-9,13H2,1-3H3,(H,29,30,31)/t15-,23+/m0/s1. The van der Waals surface area contributed by atoms with Crippen molar-refractivity contribution in [2.75, 3.05) is 32.1 Å². The number of aromatic nitrogens is 2. The van der Waals surface area contributed by atoms with E-state index in [2.05, 4.69) is 15.3 Å². The van der Waals surface area contributed by atoms with Crippen molar-refractivity contribution in [3.63, 3.8) is 0 Å². The lowest BCUT2D eigenvalue weighted by Crippen LogP contribution is -2.46. The van der Waals surface area contributed by atoms with Gasteiger partial charge >= 0.3 is 0 Å². The number of alkyl halides is 1. The first-order valence-electron chi connectivity index (χ1n) is 11.4. The fourth-order valence-corrected chi connectivity index (χ4v) is 4.61. The number of hydrogen-bond donors (Lipinski definition) is 2. The molecule has 0 saturated carbocycles. The molecule has 0 spiro atoms. The van der Waals surface area contributed by atoms with Crippen molar-refractivity contribution in [3.05, 3.63) is 47.5 Å². The minimum atomic E-state index is -0.971. The molecule has 1 fully saturated rings. The van der Waals surface area contributed by atoms with Crippen LogP contribution in [0, 0.1) is 5.82 Å². The van der Waals surface area contributed by atoms with Gasteiger partial charge in [-0.15, -0.1) is 0 Å². The Labute approximate surface area is 208 Å². The molecule has 35 heavy (non-hydrogen) atoms. The molecule has 2 aromatic carbocycles. The first-order chi connectivity index (χ1) is 16.7. The summed E-state index contributed by atoms with van der Waals surface area (Å²) in [5.41, 5.74) is 0.244. The number of rotatable bonds is 9. The molecule has 10 heteroatoms. The van der Waals surface area contributed by atoms with E-state index in [-0.39, 0.29) is 11.1 Å². The van der Waals surface area contributed by atoms with Gasteiger partial charge in [0, 0.05) is 36.3 Å². The molecule has 4 rings (SSSR count). The molecule has 0 aliphatic carbocycles. The summed E-state index contributed by atoms with van der Waals surface area (Å²) in [7, 11) is 1.55. The Kier molecular flexibility index (Phi) is 7.59. The number of nitrogens with zero attached hydrogens (tertiary/aromatic N) is 3. The maximum Gasteiger partial charge on any atom is 0.162 e. The van der Waals surface area contributed by atoms with Crippen LogP contribution in [0.3, 0.4) is 0 Å². The molecule has 0 bridgehead atoms. The molecule has 7 nitrogen and oxygen atoms in total. The van der Waals surface area contributed by atoms with Gasteiger partial charge in [-0.2, -0.15) is 0 Å². The zero-order chi connectivity index (χ0) is 25.2. The van der Waals surface area contributed by atoms with E-state index in [1.807, 2.05) is 4.90 Å². The molecule has 2 N–H and O–H groups in total. The summed E-state index contributed by atoms with van der Waals surface area (Å²) in [6.07, 6.45) is 1.46. The molecule has 1 aliphatic heterocycles. The molecule has 0 unspecified atom stereocenters. The minimum absolute atomic E-state index is 0.00274. The fourth-order valence-electron chi connectivity index (χ4n) is 4.43. The van der Waals surface area contributed by atoms with E-state index in [0.29, 0.717) is 66.4 Å². The van der Waals surface area contributed by atoms with Crippen molar-refractivity contribution in [1.82, 2.24) is 14.9 Å². The monoisotopic (exact) mass is 506 g/mol. The predicted octanol–water partition coefficient (Wildman–Crippen LogP) is 5.13. The Hall–Kier alpha value is -2.75. The van der Waals surface area contributed by atoms with E-state index >= 15 is 0 Å². The second-order valence-electron chi connectivity index (χ2n) is 9.20. The van der Waals surface area contributed by atoms with E-state index in [0.717, 1.165) is 0 Å². The fraction of sp³-hybridized carbons (Fsp3) is 0.440. The minimum Gasteiger partial charge on any atom is -0.493 e. The van der Waals surface area contributed by atoms with E-state index < -0.39 is 17.6 Å². The zero-order valence-corrected chi connectivity index (χ0v) is 20.6. The van der Waals surface area contributed by atoms with Gasteiger partial charge in [0.25, 0.3) is 0 Å². The number of ether oxygens (including phenoxy) is 2. The van der Waals surface area contributed by atoms with Gasteiger partial charge in [-0.1, -0.05) is 11.6 Å². The second-order valence-corrected chi connectivity index (χ2v) is 9.60. The van der Waals surface area contributed by atoms with Crippen molar-refractivity contribution >= 4 is 34.0 Å². The van der Waals surface area contributed by atoms with Crippen LogP contribution >= 0.6 is 11.6 Å². The van der Waals surface area contributed by atoms with Crippen LogP contribution in [0.2, 0.25) is 5.02 Å². The lowest BCUT2D eigenvalue weighted by Gasteiger charge is -2.33. The Balaban J connectivity index is 1.48. The average molecular weight is 507 g/mol. The van der Waals surface area contributed by atoms with Crippen molar-refractivity contribution in [1.29, 1.82) is 0 Å². The largest absolute Gasteiger partial charge is 0.493 e. The molecular formula is C25H29ClF2N4O3. The van der Waals surface area contributed by atoms with Gasteiger partial charge in [-0.05, 0) is 51.0 Å². The van der Waals surface area contributed by atoms with E-state index in [1.54, 1.807) is 39.2 Å². The Bertz CT molecular complexity index is 1190. The maximum absolute atomic E-state index is 14.0. The molecule has 3 aromatic rings. The molecule has 1 saturated heterocycles. The highest BCUT2D eigenvalue weighted by Crippen LogP contribution is 2.35. The van der Waals surface area contributed by atoms with Gasteiger partial charge in [0.1, 0.15) is 24.1 Å². The van der Waals surface area contributed by atoms with Gasteiger partial charge in [0.2, 0.25) is 0 Å². The third-order valence-electron chi connectivity index (χ3n) is 6.12. The number of methoxy groups -OCH3 is 1. The molecule has 1 aliphatic rings. The quantitative estimate of drug-likeness (QED) is 0.389. The van der Waals surface area contributed by atoms with Crippen molar-refractivity contribution in [2.45, 2.75) is 44.5 Å². The number of anilines is 2. The smallest absolute Gasteiger partial charge is 0.162 e. The Morgan fingerprint density at radius 2 is 2.03 bits per heavy atom. The first-order valence-corrected chi connectivity index (χ1v) is 11.8. The molecule has 0 amide bonds. The van der Waals surface area contributed by atoms with Crippen molar-refractivity contribution < 1.29 is 23.4 Å².